The SMILES string of the molecule is C=CC(=O)N(CC)CC(=O)N(C)C(C)c1ccc(-n2cncn2)cc1. The molecule has 1 atom stereocenters. The van der Waals surface area contributed by atoms with Crippen molar-refractivity contribution in [3.05, 3.63) is 55.1 Å². The van der Waals surface area contributed by atoms with Crippen LogP contribution in [-0.2, 0) is 9.59 Å². The van der Waals surface area contributed by atoms with E-state index in [9.17, 15) is 9.59 Å². The minimum Gasteiger partial charge on any atom is -0.337 e. The van der Waals surface area contributed by atoms with E-state index < -0.39 is 0 Å². The number of benzene rings is 1. The number of aromatic nitrogens is 3. The van der Waals surface area contributed by atoms with Crippen molar-refractivity contribution in [2.24, 2.45) is 0 Å². The van der Waals surface area contributed by atoms with Crippen LogP contribution in [0.25, 0.3) is 5.69 Å². The molecule has 132 valence electrons. The van der Waals surface area contributed by atoms with Crippen LogP contribution < -0.4 is 0 Å². The number of hydrogen-bond donors (Lipinski definition) is 0. The van der Waals surface area contributed by atoms with Crippen LogP contribution in [0.15, 0.2) is 49.6 Å². The predicted molar refractivity (Wildman–Crippen MR) is 95.0 cm³/mol. The van der Waals surface area contributed by atoms with Crippen LogP contribution in [0.2, 0.25) is 0 Å². The Balaban J connectivity index is 2.05. The molecule has 0 spiro atoms. The van der Waals surface area contributed by atoms with E-state index in [0.29, 0.717) is 6.54 Å². The molecule has 0 radical (unpaired) electrons. The molecular weight excluding hydrogens is 318 g/mol. The van der Waals surface area contributed by atoms with Gasteiger partial charge in [-0.15, -0.1) is 0 Å². The first kappa shape index (κ1) is 18.4. The first-order valence-electron chi connectivity index (χ1n) is 8.09. The van der Waals surface area contributed by atoms with Crippen molar-refractivity contribution >= 4 is 11.8 Å². The minimum absolute atomic E-state index is 0.0409. The Morgan fingerprint density at radius 1 is 1.32 bits per heavy atom. The summed E-state index contributed by atoms with van der Waals surface area (Å²) in [5.41, 5.74) is 1.90. The van der Waals surface area contributed by atoms with Crippen LogP contribution in [-0.4, -0.2) is 56.5 Å². The summed E-state index contributed by atoms with van der Waals surface area (Å²) >= 11 is 0. The van der Waals surface area contributed by atoms with Gasteiger partial charge in [-0.1, -0.05) is 18.7 Å². The third-order valence-electron chi connectivity index (χ3n) is 4.23. The van der Waals surface area contributed by atoms with Gasteiger partial charge >= 0.3 is 0 Å². The number of nitrogens with zero attached hydrogens (tertiary/aromatic N) is 5. The fourth-order valence-corrected chi connectivity index (χ4v) is 2.44. The summed E-state index contributed by atoms with van der Waals surface area (Å²) in [5.74, 6) is -0.362. The zero-order valence-corrected chi connectivity index (χ0v) is 14.8. The van der Waals surface area contributed by atoms with E-state index in [2.05, 4.69) is 16.7 Å². The van der Waals surface area contributed by atoms with Crippen LogP contribution in [0.4, 0.5) is 0 Å². The molecule has 2 amide bonds. The van der Waals surface area contributed by atoms with Gasteiger partial charge in [0.25, 0.3) is 0 Å². The zero-order valence-electron chi connectivity index (χ0n) is 14.8. The first-order valence-corrected chi connectivity index (χ1v) is 8.09. The molecule has 0 fully saturated rings. The Labute approximate surface area is 147 Å². The molecule has 7 nitrogen and oxygen atoms in total. The highest BCUT2D eigenvalue weighted by Crippen LogP contribution is 2.20. The van der Waals surface area contributed by atoms with Crippen LogP contribution in [0.3, 0.4) is 0 Å². The maximum Gasteiger partial charge on any atom is 0.246 e. The van der Waals surface area contributed by atoms with E-state index in [-0.39, 0.29) is 24.4 Å². The quantitative estimate of drug-likeness (QED) is 0.720. The van der Waals surface area contributed by atoms with Crippen LogP contribution >= 0.6 is 0 Å². The lowest BCUT2D eigenvalue weighted by Gasteiger charge is -2.28. The Bertz CT molecular complexity index is 724. The fraction of sp³-hybridized carbons (Fsp3) is 0.333. The number of likely N-dealkylation sites (N-methyl/N-ethyl adjacent to an activating group) is 2. The second kappa shape index (κ2) is 8.23. The van der Waals surface area contributed by atoms with Gasteiger partial charge in [0.05, 0.1) is 11.7 Å². The molecule has 0 saturated carbocycles. The summed E-state index contributed by atoms with van der Waals surface area (Å²) in [7, 11) is 1.74. The van der Waals surface area contributed by atoms with Gasteiger partial charge in [-0.3, -0.25) is 9.59 Å². The van der Waals surface area contributed by atoms with Crippen LogP contribution in [0, 0.1) is 0 Å². The summed E-state index contributed by atoms with van der Waals surface area (Å²) < 4.78 is 1.67. The molecule has 2 aromatic rings. The molecule has 1 aromatic carbocycles. The third kappa shape index (κ3) is 4.32. The molecule has 7 heteroatoms. The molecule has 25 heavy (non-hydrogen) atoms. The van der Waals surface area contributed by atoms with Gasteiger partial charge in [0.2, 0.25) is 11.8 Å². The normalized spacial score (nSPS) is 11.6. The average molecular weight is 341 g/mol. The average Bonchev–Trinajstić information content (AvgIpc) is 3.18. The van der Waals surface area contributed by atoms with Crippen molar-refractivity contribution in [2.45, 2.75) is 19.9 Å². The molecule has 0 aliphatic rings. The summed E-state index contributed by atoms with van der Waals surface area (Å²) in [6, 6.07) is 7.65. The van der Waals surface area contributed by atoms with Gasteiger partial charge in [0.15, 0.2) is 0 Å². The summed E-state index contributed by atoms with van der Waals surface area (Å²) in [6.45, 7) is 7.76. The van der Waals surface area contributed by atoms with Crippen molar-refractivity contribution in [3.63, 3.8) is 0 Å². The Morgan fingerprint density at radius 3 is 2.52 bits per heavy atom. The molecule has 1 aromatic heterocycles. The van der Waals surface area contributed by atoms with Crippen molar-refractivity contribution in [1.29, 1.82) is 0 Å². The van der Waals surface area contributed by atoms with Gasteiger partial charge in [0, 0.05) is 13.6 Å². The summed E-state index contributed by atoms with van der Waals surface area (Å²) in [4.78, 5) is 31.2. The van der Waals surface area contributed by atoms with Crippen molar-refractivity contribution < 1.29 is 9.59 Å². The van der Waals surface area contributed by atoms with E-state index in [0.717, 1.165) is 11.3 Å². The largest absolute Gasteiger partial charge is 0.337 e. The van der Waals surface area contributed by atoms with Gasteiger partial charge in [-0.05, 0) is 37.6 Å². The van der Waals surface area contributed by atoms with Crippen molar-refractivity contribution in [1.82, 2.24) is 24.6 Å². The highest BCUT2D eigenvalue weighted by Gasteiger charge is 2.21. The zero-order chi connectivity index (χ0) is 18.4. The molecular formula is C18H23N5O2. The smallest absolute Gasteiger partial charge is 0.246 e. The highest BCUT2D eigenvalue weighted by molar-refractivity contribution is 5.90. The van der Waals surface area contributed by atoms with Gasteiger partial charge in [0.1, 0.15) is 19.2 Å². The van der Waals surface area contributed by atoms with Crippen molar-refractivity contribution in [2.75, 3.05) is 20.1 Å². The maximum absolute atomic E-state index is 12.5. The monoisotopic (exact) mass is 341 g/mol. The van der Waals surface area contributed by atoms with Gasteiger partial charge in [-0.2, -0.15) is 5.10 Å². The lowest BCUT2D eigenvalue weighted by Crippen LogP contribution is -2.41. The summed E-state index contributed by atoms with van der Waals surface area (Å²) in [5, 5.41) is 4.09. The van der Waals surface area contributed by atoms with E-state index in [1.807, 2.05) is 38.1 Å². The number of amides is 2. The van der Waals surface area contributed by atoms with Gasteiger partial charge in [-0.25, -0.2) is 9.67 Å². The van der Waals surface area contributed by atoms with Crippen molar-refractivity contribution in [3.8, 4) is 5.69 Å². The molecule has 1 heterocycles. The topological polar surface area (TPSA) is 71.3 Å². The van der Waals surface area contributed by atoms with E-state index >= 15 is 0 Å². The Hall–Kier alpha value is -2.96. The molecule has 0 saturated heterocycles. The lowest BCUT2D eigenvalue weighted by molar-refractivity contribution is -0.138. The van der Waals surface area contributed by atoms with Crippen LogP contribution in [0.1, 0.15) is 25.5 Å². The third-order valence-corrected chi connectivity index (χ3v) is 4.23. The van der Waals surface area contributed by atoms with Crippen LogP contribution in [0.5, 0.6) is 0 Å². The molecule has 0 N–H and O–H groups in total. The number of rotatable bonds is 7. The second-order valence-electron chi connectivity index (χ2n) is 5.67. The standard InChI is InChI=1S/C18H23N5O2/c1-5-17(24)22(6-2)11-18(25)21(4)14(3)15-7-9-16(10-8-15)23-13-19-12-20-23/h5,7-10,12-14H,1,6,11H2,2-4H3. The minimum atomic E-state index is -0.242. The molecule has 0 bridgehead atoms. The Morgan fingerprint density at radius 2 is 2.00 bits per heavy atom. The van der Waals surface area contributed by atoms with Gasteiger partial charge < -0.3 is 9.80 Å². The van der Waals surface area contributed by atoms with E-state index in [1.54, 1.807) is 23.0 Å². The number of carbonyl (C=O) groups excluding carboxylic acids is 2. The molecule has 1 unspecified atom stereocenters. The predicted octanol–water partition coefficient (Wildman–Crippen LogP) is 1.82. The number of hydrogen-bond acceptors (Lipinski definition) is 4. The Kier molecular flexibility index (Phi) is 6.05. The summed E-state index contributed by atoms with van der Waals surface area (Å²) in [6.07, 6.45) is 4.33. The molecule has 0 aliphatic carbocycles. The first-order chi connectivity index (χ1) is 12.0. The van der Waals surface area contributed by atoms with E-state index in [1.165, 1.54) is 17.3 Å². The molecule has 0 aliphatic heterocycles. The maximum atomic E-state index is 12.5. The second-order valence-corrected chi connectivity index (χ2v) is 5.67. The number of carbonyl (C=O) groups is 2. The lowest BCUT2D eigenvalue weighted by atomic mass is 10.1. The fourth-order valence-electron chi connectivity index (χ4n) is 2.44. The molecule has 2 rings (SSSR count). The van der Waals surface area contributed by atoms with E-state index in [4.69, 9.17) is 0 Å². The highest BCUT2D eigenvalue weighted by atomic mass is 16.2.